The van der Waals surface area contributed by atoms with Gasteiger partial charge in [0.15, 0.2) is 0 Å². The highest BCUT2D eigenvalue weighted by Gasteiger charge is 2.22. The van der Waals surface area contributed by atoms with Crippen LogP contribution in [-0.4, -0.2) is 30.3 Å². The largest absolute Gasteiger partial charge is 0.363 e. The van der Waals surface area contributed by atoms with Crippen LogP contribution in [0.2, 0.25) is 0 Å². The summed E-state index contributed by atoms with van der Waals surface area (Å²) in [6.45, 7) is 3.54. The lowest BCUT2D eigenvalue weighted by molar-refractivity contribution is -0.138. The Bertz CT molecular complexity index is 215. The molecule has 0 aliphatic heterocycles. The van der Waals surface area contributed by atoms with Crippen LogP contribution in [0.25, 0.3) is 0 Å². The molecule has 13 heavy (non-hydrogen) atoms. The average molecular weight is 187 g/mol. The van der Waals surface area contributed by atoms with E-state index in [1.54, 1.807) is 13.8 Å². The molecular weight excluding hydrogens is 174 g/mol. The molecule has 0 fully saturated rings. The number of hydrogen-bond donors (Lipinski definition) is 3. The summed E-state index contributed by atoms with van der Waals surface area (Å²) in [6.07, 6.45) is -0.698. The molecule has 0 aromatic rings. The molecule has 0 spiro atoms. The summed E-state index contributed by atoms with van der Waals surface area (Å²) in [6, 6.07) is -0.0410. The van der Waals surface area contributed by atoms with Crippen LogP contribution in [0.1, 0.15) is 13.8 Å². The van der Waals surface area contributed by atoms with Crippen LogP contribution in [0.4, 0.5) is 0 Å². The first-order valence-corrected chi connectivity index (χ1v) is 3.78. The first kappa shape index (κ1) is 11.6. The summed E-state index contributed by atoms with van der Waals surface area (Å²) < 4.78 is 0. The average Bonchev–Trinajstić information content (AvgIpc) is 2.01. The van der Waals surface area contributed by atoms with Gasteiger partial charge in [0.2, 0.25) is 6.41 Å². The number of rotatable bonds is 6. The summed E-state index contributed by atoms with van der Waals surface area (Å²) in [5.41, 5.74) is 4.76. The molecule has 0 aromatic carbocycles. The quantitative estimate of drug-likeness (QED) is 0.257. The van der Waals surface area contributed by atoms with Gasteiger partial charge in [0.05, 0.1) is 0 Å². The zero-order valence-corrected chi connectivity index (χ0v) is 7.53. The van der Waals surface area contributed by atoms with Crippen molar-refractivity contribution in [1.29, 1.82) is 0 Å². The Morgan fingerprint density at radius 1 is 1.38 bits per heavy atom. The van der Waals surface area contributed by atoms with Crippen molar-refractivity contribution in [2.24, 2.45) is 5.73 Å². The van der Waals surface area contributed by atoms with Crippen molar-refractivity contribution in [3.8, 4) is 0 Å². The minimum Gasteiger partial charge on any atom is -0.363 e. The highest BCUT2D eigenvalue weighted by atomic mass is 16.2. The summed E-state index contributed by atoms with van der Waals surface area (Å²) in [5.74, 6) is -1.94. The molecule has 0 rings (SSSR count). The lowest BCUT2D eigenvalue weighted by atomic mass is 10.2. The highest BCUT2D eigenvalue weighted by Crippen LogP contribution is 1.85. The number of primary amides is 1. The molecule has 2 amide bonds. The third-order valence-corrected chi connectivity index (χ3v) is 1.24. The monoisotopic (exact) mass is 187 g/mol. The van der Waals surface area contributed by atoms with Crippen molar-refractivity contribution in [2.75, 3.05) is 0 Å². The molecule has 4 N–H and O–H groups in total. The van der Waals surface area contributed by atoms with Gasteiger partial charge in [-0.15, -0.1) is 0 Å². The molecule has 0 saturated carbocycles. The molecular formula is C7H13N3O3. The lowest BCUT2D eigenvalue weighted by Gasteiger charge is -2.17. The fourth-order valence-corrected chi connectivity index (χ4v) is 0.743. The topological polar surface area (TPSA) is 101 Å². The van der Waals surface area contributed by atoms with Crippen molar-refractivity contribution in [2.45, 2.75) is 26.1 Å². The summed E-state index contributed by atoms with van der Waals surface area (Å²) in [7, 11) is 0. The van der Waals surface area contributed by atoms with Gasteiger partial charge in [-0.1, -0.05) is 0 Å². The second-order valence-corrected chi connectivity index (χ2v) is 2.77. The molecule has 74 valence electrons. The fraction of sp³-hybridized carbons (Fsp3) is 0.571. The number of hydrogen-bond acceptors (Lipinski definition) is 4. The van der Waals surface area contributed by atoms with Crippen LogP contribution >= 0.6 is 0 Å². The second-order valence-electron chi connectivity index (χ2n) is 2.77. The van der Waals surface area contributed by atoms with Crippen LogP contribution in [0.15, 0.2) is 0 Å². The Hall–Kier alpha value is -1.43. The van der Waals surface area contributed by atoms with Crippen molar-refractivity contribution < 1.29 is 14.4 Å². The zero-order valence-electron chi connectivity index (χ0n) is 7.53. The minimum absolute atomic E-state index is 0.0410. The zero-order chi connectivity index (χ0) is 10.4. The van der Waals surface area contributed by atoms with Crippen molar-refractivity contribution in [1.82, 2.24) is 10.6 Å². The van der Waals surface area contributed by atoms with Crippen LogP contribution in [0.5, 0.6) is 0 Å². The molecule has 0 heterocycles. The number of nitrogens with one attached hydrogen (secondary N) is 2. The standard InChI is InChI=1S/C7H13N3O3/c1-4(2)10-7(9-3-11)5(12)6(8)13/h3-4,7,10H,1-2H3,(H2,8,13)(H,9,11). The molecule has 0 saturated heterocycles. The van der Waals surface area contributed by atoms with E-state index in [9.17, 15) is 14.4 Å². The van der Waals surface area contributed by atoms with E-state index >= 15 is 0 Å². The normalized spacial score (nSPS) is 12.2. The Balaban J connectivity index is 4.31. The van der Waals surface area contributed by atoms with E-state index in [2.05, 4.69) is 10.6 Å². The van der Waals surface area contributed by atoms with Crippen molar-refractivity contribution in [3.63, 3.8) is 0 Å². The van der Waals surface area contributed by atoms with Crippen LogP contribution in [0.3, 0.4) is 0 Å². The number of nitrogens with two attached hydrogens (primary N) is 1. The van der Waals surface area contributed by atoms with Gasteiger partial charge in [0.25, 0.3) is 11.7 Å². The number of ketones is 1. The maximum absolute atomic E-state index is 11.0. The SMILES string of the molecule is CC(C)NC(NC=O)C(=O)C(N)=O. The predicted octanol–water partition coefficient (Wildman–Crippen LogP) is -1.89. The van der Waals surface area contributed by atoms with Gasteiger partial charge in [0.1, 0.15) is 6.17 Å². The second kappa shape index (κ2) is 5.26. The van der Waals surface area contributed by atoms with Crippen molar-refractivity contribution >= 4 is 18.1 Å². The van der Waals surface area contributed by atoms with Gasteiger partial charge < -0.3 is 11.1 Å². The molecule has 0 aliphatic rings. The number of carbonyl (C=O) groups excluding carboxylic acids is 3. The Morgan fingerprint density at radius 3 is 2.23 bits per heavy atom. The van der Waals surface area contributed by atoms with E-state index in [0.717, 1.165) is 0 Å². The van der Waals surface area contributed by atoms with Crippen molar-refractivity contribution in [3.05, 3.63) is 0 Å². The molecule has 0 aromatic heterocycles. The van der Waals surface area contributed by atoms with E-state index in [1.165, 1.54) is 0 Å². The number of carbonyl (C=O) groups is 3. The van der Waals surface area contributed by atoms with E-state index in [-0.39, 0.29) is 6.04 Å². The van der Waals surface area contributed by atoms with Crippen LogP contribution < -0.4 is 16.4 Å². The van der Waals surface area contributed by atoms with Gasteiger partial charge >= 0.3 is 0 Å². The van der Waals surface area contributed by atoms with E-state index in [0.29, 0.717) is 6.41 Å². The Labute approximate surface area is 75.9 Å². The highest BCUT2D eigenvalue weighted by molar-refractivity contribution is 6.37. The van der Waals surface area contributed by atoms with Gasteiger partial charge in [-0.3, -0.25) is 19.7 Å². The number of Topliss-reactive ketones (excluding diaryl/α,β-unsaturated/α-hetero) is 1. The third kappa shape index (κ3) is 4.22. The summed E-state index contributed by atoms with van der Waals surface area (Å²) in [5, 5.41) is 4.82. The third-order valence-electron chi connectivity index (χ3n) is 1.24. The van der Waals surface area contributed by atoms with Gasteiger partial charge in [-0.05, 0) is 13.8 Å². The molecule has 6 heteroatoms. The van der Waals surface area contributed by atoms with E-state index in [1.807, 2.05) is 0 Å². The van der Waals surface area contributed by atoms with Gasteiger partial charge in [-0.25, -0.2) is 0 Å². The Morgan fingerprint density at radius 2 is 1.92 bits per heavy atom. The maximum Gasteiger partial charge on any atom is 0.288 e. The van der Waals surface area contributed by atoms with E-state index < -0.39 is 17.9 Å². The van der Waals surface area contributed by atoms with Gasteiger partial charge in [-0.2, -0.15) is 0 Å². The lowest BCUT2D eigenvalue weighted by Crippen LogP contribution is -2.54. The van der Waals surface area contributed by atoms with E-state index in [4.69, 9.17) is 5.73 Å². The first-order chi connectivity index (χ1) is 5.99. The molecule has 0 aliphatic carbocycles. The minimum atomic E-state index is -1.08. The summed E-state index contributed by atoms with van der Waals surface area (Å²) >= 11 is 0. The summed E-state index contributed by atoms with van der Waals surface area (Å²) in [4.78, 5) is 31.6. The molecule has 1 atom stereocenters. The first-order valence-electron chi connectivity index (χ1n) is 3.78. The van der Waals surface area contributed by atoms with Crippen LogP contribution in [-0.2, 0) is 14.4 Å². The van der Waals surface area contributed by atoms with Crippen LogP contribution in [0, 0.1) is 0 Å². The Kier molecular flexibility index (Phi) is 4.68. The fourth-order valence-electron chi connectivity index (χ4n) is 0.743. The maximum atomic E-state index is 11.0. The van der Waals surface area contributed by atoms with Gasteiger partial charge in [0, 0.05) is 6.04 Å². The molecule has 0 radical (unpaired) electrons. The molecule has 6 nitrogen and oxygen atoms in total. The number of amides is 2. The predicted molar refractivity (Wildman–Crippen MR) is 45.5 cm³/mol. The molecule has 1 unspecified atom stereocenters. The smallest absolute Gasteiger partial charge is 0.288 e. The molecule has 0 bridgehead atoms.